The van der Waals surface area contributed by atoms with Crippen molar-refractivity contribution in [2.75, 3.05) is 25.8 Å². The van der Waals surface area contributed by atoms with Gasteiger partial charge in [-0.15, -0.1) is 4.91 Å². The average Bonchev–Trinajstić information content (AvgIpc) is 2.77. The molecule has 0 amide bonds. The molecule has 8 nitrogen and oxygen atoms in total. The van der Waals surface area contributed by atoms with Crippen molar-refractivity contribution in [2.24, 2.45) is 5.18 Å². The van der Waals surface area contributed by atoms with Crippen LogP contribution in [-0.4, -0.2) is 36.2 Å². The number of nitrogens with zero attached hydrogens (tertiary/aromatic N) is 3. The molecule has 0 fully saturated rings. The van der Waals surface area contributed by atoms with Crippen LogP contribution in [0.4, 0.5) is 17.2 Å². The Balaban J connectivity index is 2.06. The minimum absolute atomic E-state index is 0.0337. The fourth-order valence-corrected chi connectivity index (χ4v) is 3.87. The molecule has 0 saturated carbocycles. The van der Waals surface area contributed by atoms with Gasteiger partial charge in [-0.3, -0.25) is 9.78 Å². The lowest BCUT2D eigenvalue weighted by Gasteiger charge is -2.17. The quantitative estimate of drug-likeness (QED) is 0.295. The summed E-state index contributed by atoms with van der Waals surface area (Å²) in [5, 5.41) is 6.04. The van der Waals surface area contributed by atoms with Gasteiger partial charge in [-0.2, -0.15) is 0 Å². The molecule has 31 heavy (non-hydrogen) atoms. The number of para-hydroxylation sites is 1. The summed E-state index contributed by atoms with van der Waals surface area (Å²) in [5.74, 6) is 0.375. The molecule has 0 unspecified atom stereocenters. The number of carbonyl (C=O) groups is 1. The van der Waals surface area contributed by atoms with Crippen LogP contribution in [0.25, 0.3) is 11.1 Å². The highest BCUT2D eigenvalue weighted by molar-refractivity contribution is 7.69. The molecular formula is C22H23N4O4P. The number of pyridine rings is 2. The Morgan fingerprint density at radius 1 is 1.13 bits per heavy atom. The zero-order valence-electron chi connectivity index (χ0n) is 17.7. The molecule has 2 aromatic heterocycles. The minimum atomic E-state index is -2.46. The fraction of sp³-hybridized carbons (Fsp3) is 0.227. The topological polar surface area (TPSA) is 111 Å². The van der Waals surface area contributed by atoms with Gasteiger partial charge in [-0.1, -0.05) is 25.1 Å². The third-order valence-electron chi connectivity index (χ3n) is 4.70. The van der Waals surface area contributed by atoms with Gasteiger partial charge in [0.05, 0.1) is 29.5 Å². The summed E-state index contributed by atoms with van der Waals surface area (Å²) in [6, 6.07) is 10.5. The molecule has 9 heteroatoms. The number of ether oxygens (including phenoxy) is 1. The maximum atomic E-state index is 12.3. The number of anilines is 2. The molecule has 0 bridgehead atoms. The normalized spacial score (nSPS) is 11.1. The Bertz CT molecular complexity index is 1170. The summed E-state index contributed by atoms with van der Waals surface area (Å²) in [6.07, 6.45) is 3.29. The van der Waals surface area contributed by atoms with Crippen LogP contribution < -0.4 is 15.5 Å². The molecule has 0 aliphatic heterocycles. The van der Waals surface area contributed by atoms with Gasteiger partial charge in [-0.25, -0.2) is 4.98 Å². The number of Topliss-reactive ketones (excluding diaryl/α,β-unsaturated/α-hetero) is 1. The van der Waals surface area contributed by atoms with Gasteiger partial charge in [0, 0.05) is 36.0 Å². The van der Waals surface area contributed by atoms with Crippen molar-refractivity contribution in [3.8, 4) is 16.9 Å². The number of methoxy groups -OCH3 is 1. The van der Waals surface area contributed by atoms with Gasteiger partial charge in [0.25, 0.3) is 0 Å². The molecule has 0 saturated heterocycles. The number of ketones is 1. The molecule has 0 spiro atoms. The van der Waals surface area contributed by atoms with Crippen LogP contribution in [0.1, 0.15) is 23.7 Å². The minimum Gasteiger partial charge on any atom is -0.494 e. The number of hydrogen-bond donors (Lipinski definition) is 1. The van der Waals surface area contributed by atoms with E-state index < -0.39 is 7.14 Å². The second-order valence-electron chi connectivity index (χ2n) is 7.22. The number of hydrogen-bond acceptors (Lipinski definition) is 8. The van der Waals surface area contributed by atoms with Crippen molar-refractivity contribution in [1.29, 1.82) is 0 Å². The van der Waals surface area contributed by atoms with E-state index in [1.54, 1.807) is 45.7 Å². The summed E-state index contributed by atoms with van der Waals surface area (Å²) >= 11 is 0. The Morgan fingerprint density at radius 2 is 1.90 bits per heavy atom. The maximum Gasteiger partial charge on any atom is 0.198 e. The highest BCUT2D eigenvalue weighted by atomic mass is 31.2. The van der Waals surface area contributed by atoms with E-state index in [0.717, 1.165) is 11.1 Å². The molecule has 3 aromatic rings. The molecule has 3 rings (SSSR count). The van der Waals surface area contributed by atoms with Crippen LogP contribution in [0.5, 0.6) is 5.75 Å². The van der Waals surface area contributed by atoms with Gasteiger partial charge >= 0.3 is 0 Å². The predicted octanol–water partition coefficient (Wildman–Crippen LogP) is 5.13. The summed E-state index contributed by atoms with van der Waals surface area (Å²) < 4.78 is 17.9. The molecular weight excluding hydrogens is 415 g/mol. The maximum absolute atomic E-state index is 12.3. The van der Waals surface area contributed by atoms with Crippen LogP contribution in [0.2, 0.25) is 0 Å². The van der Waals surface area contributed by atoms with Crippen LogP contribution in [-0.2, 0) is 4.57 Å². The van der Waals surface area contributed by atoms with Crippen molar-refractivity contribution in [3.05, 3.63) is 59.3 Å². The van der Waals surface area contributed by atoms with Crippen molar-refractivity contribution in [1.82, 2.24) is 9.97 Å². The largest absolute Gasteiger partial charge is 0.494 e. The molecule has 1 N–H and O–H groups in total. The highest BCUT2D eigenvalue weighted by Gasteiger charge is 2.17. The molecule has 0 aliphatic rings. The first-order chi connectivity index (χ1) is 14.8. The standard InChI is InChI=1S/C22H23N4O4P/c1-5-19(27)16-13-23-20(26-28)11-18(16)25-17-8-6-7-15(22(17)30-2)14-9-10-21(24-12-14)31(3,4)29/h6-13H,5H2,1-4H3,(H,23,25). The van der Waals surface area contributed by atoms with E-state index in [9.17, 15) is 14.3 Å². The number of benzene rings is 1. The Labute approximate surface area is 180 Å². The molecule has 160 valence electrons. The van der Waals surface area contributed by atoms with Crippen molar-refractivity contribution in [3.63, 3.8) is 0 Å². The van der Waals surface area contributed by atoms with E-state index >= 15 is 0 Å². The number of nitrogens with one attached hydrogen (secondary N) is 1. The van der Waals surface area contributed by atoms with E-state index in [0.29, 0.717) is 28.1 Å². The first-order valence-electron chi connectivity index (χ1n) is 9.61. The van der Waals surface area contributed by atoms with Crippen molar-refractivity contribution in [2.45, 2.75) is 13.3 Å². The molecule has 2 heterocycles. The van der Waals surface area contributed by atoms with Crippen LogP contribution in [0, 0.1) is 4.91 Å². The van der Waals surface area contributed by atoms with E-state index in [1.165, 1.54) is 12.3 Å². The van der Waals surface area contributed by atoms with E-state index in [-0.39, 0.29) is 18.0 Å². The highest BCUT2D eigenvalue weighted by Crippen LogP contribution is 2.39. The fourth-order valence-electron chi connectivity index (χ4n) is 3.10. The Kier molecular flexibility index (Phi) is 6.61. The zero-order chi connectivity index (χ0) is 22.6. The third kappa shape index (κ3) is 4.86. The first-order valence-corrected chi connectivity index (χ1v) is 12.2. The van der Waals surface area contributed by atoms with Crippen molar-refractivity contribution >= 4 is 35.6 Å². The van der Waals surface area contributed by atoms with Crippen LogP contribution >= 0.6 is 7.14 Å². The zero-order valence-corrected chi connectivity index (χ0v) is 18.6. The van der Waals surface area contributed by atoms with Crippen molar-refractivity contribution < 1.29 is 14.1 Å². The van der Waals surface area contributed by atoms with E-state index in [2.05, 4.69) is 20.5 Å². The number of nitroso groups, excluding NO2 is 1. The van der Waals surface area contributed by atoms with Gasteiger partial charge < -0.3 is 14.6 Å². The average molecular weight is 438 g/mol. The van der Waals surface area contributed by atoms with Gasteiger partial charge in [0.1, 0.15) is 12.9 Å². The van der Waals surface area contributed by atoms with Gasteiger partial charge in [-0.05, 0) is 30.6 Å². The third-order valence-corrected chi connectivity index (χ3v) is 6.07. The summed E-state index contributed by atoms with van der Waals surface area (Å²) in [6.45, 7) is 5.10. The predicted molar refractivity (Wildman–Crippen MR) is 123 cm³/mol. The lowest BCUT2D eigenvalue weighted by Crippen LogP contribution is -2.07. The van der Waals surface area contributed by atoms with E-state index in [4.69, 9.17) is 4.74 Å². The summed E-state index contributed by atoms with van der Waals surface area (Å²) in [7, 11) is -0.914. The Hall–Kier alpha value is -3.38. The molecule has 0 aliphatic carbocycles. The van der Waals surface area contributed by atoms with E-state index in [1.807, 2.05) is 18.2 Å². The molecule has 0 atom stereocenters. The van der Waals surface area contributed by atoms with Crippen LogP contribution in [0.15, 0.2) is 54.0 Å². The molecule has 1 aromatic carbocycles. The molecule has 0 radical (unpaired) electrons. The number of rotatable bonds is 8. The lowest BCUT2D eigenvalue weighted by atomic mass is 10.0. The van der Waals surface area contributed by atoms with Crippen LogP contribution in [0.3, 0.4) is 0 Å². The number of aromatic nitrogens is 2. The lowest BCUT2D eigenvalue weighted by molar-refractivity contribution is 0.0988. The second kappa shape index (κ2) is 9.18. The monoisotopic (exact) mass is 438 g/mol. The summed E-state index contributed by atoms with van der Waals surface area (Å²) in [5.41, 5.74) is 3.47. The number of carbonyl (C=O) groups excluding carboxylic acids is 1. The second-order valence-corrected chi connectivity index (χ2v) is 10.4. The van der Waals surface area contributed by atoms with Gasteiger partial charge in [0.15, 0.2) is 11.6 Å². The van der Waals surface area contributed by atoms with Gasteiger partial charge in [0.2, 0.25) is 0 Å². The summed E-state index contributed by atoms with van der Waals surface area (Å²) in [4.78, 5) is 31.5. The first kappa shape index (κ1) is 22.3. The Morgan fingerprint density at radius 3 is 2.48 bits per heavy atom. The smallest absolute Gasteiger partial charge is 0.198 e. The SMILES string of the molecule is CCC(=O)c1cnc(N=O)cc1Nc1cccc(-c2ccc(P(C)(C)=O)nc2)c1OC.